The van der Waals surface area contributed by atoms with E-state index in [1.165, 1.54) is 0 Å². The van der Waals surface area contributed by atoms with E-state index in [9.17, 15) is 9.90 Å². The fourth-order valence-corrected chi connectivity index (χ4v) is 1.75. The molecule has 1 aromatic rings. The van der Waals surface area contributed by atoms with Gasteiger partial charge in [0, 0.05) is 6.04 Å². The number of nitrogens with one attached hydrogen (secondary N) is 1. The standard InChI is InChI=1S/C14H21NO3/c1-10(2)9-15-12(8-13(16)17)14(18)11-6-4-3-5-7-11/h3-7,10,12,14-15,18H,8-9H2,1-2H3,(H,16,17). The maximum Gasteiger partial charge on any atom is 0.305 e. The van der Waals surface area contributed by atoms with Crippen molar-refractivity contribution in [3.8, 4) is 0 Å². The van der Waals surface area contributed by atoms with Gasteiger partial charge < -0.3 is 15.5 Å². The molecule has 1 rings (SSSR count). The van der Waals surface area contributed by atoms with E-state index in [1.807, 2.05) is 32.0 Å². The van der Waals surface area contributed by atoms with Crippen molar-refractivity contribution < 1.29 is 15.0 Å². The summed E-state index contributed by atoms with van der Waals surface area (Å²) in [6.45, 7) is 4.77. The van der Waals surface area contributed by atoms with Gasteiger partial charge in [-0.3, -0.25) is 4.79 Å². The molecule has 18 heavy (non-hydrogen) atoms. The van der Waals surface area contributed by atoms with Gasteiger partial charge in [-0.05, 0) is 18.0 Å². The van der Waals surface area contributed by atoms with Gasteiger partial charge in [0.15, 0.2) is 0 Å². The maximum atomic E-state index is 10.8. The van der Waals surface area contributed by atoms with Crippen molar-refractivity contribution in [2.75, 3.05) is 6.54 Å². The Labute approximate surface area is 108 Å². The lowest BCUT2D eigenvalue weighted by atomic mass is 9.99. The SMILES string of the molecule is CC(C)CNC(CC(=O)O)C(O)c1ccccc1. The molecule has 0 aliphatic rings. The highest BCUT2D eigenvalue weighted by molar-refractivity contribution is 5.67. The van der Waals surface area contributed by atoms with Gasteiger partial charge in [-0.1, -0.05) is 44.2 Å². The molecule has 3 N–H and O–H groups in total. The van der Waals surface area contributed by atoms with E-state index in [1.54, 1.807) is 12.1 Å². The van der Waals surface area contributed by atoms with E-state index in [0.29, 0.717) is 12.5 Å². The number of benzene rings is 1. The number of rotatable bonds is 7. The summed E-state index contributed by atoms with van der Waals surface area (Å²) < 4.78 is 0. The number of aliphatic hydroxyl groups excluding tert-OH is 1. The lowest BCUT2D eigenvalue weighted by Crippen LogP contribution is -2.38. The van der Waals surface area contributed by atoms with Crippen LogP contribution in [-0.4, -0.2) is 28.8 Å². The smallest absolute Gasteiger partial charge is 0.305 e. The number of carboxylic acid groups (broad SMARTS) is 1. The molecular weight excluding hydrogens is 230 g/mol. The Kier molecular flexibility index (Phi) is 5.82. The molecule has 0 saturated heterocycles. The number of aliphatic hydroxyl groups is 1. The Balaban J connectivity index is 2.72. The van der Waals surface area contributed by atoms with Crippen LogP contribution in [0.5, 0.6) is 0 Å². The van der Waals surface area contributed by atoms with E-state index >= 15 is 0 Å². The fraction of sp³-hybridized carbons (Fsp3) is 0.500. The van der Waals surface area contributed by atoms with Crippen LogP contribution in [0.15, 0.2) is 30.3 Å². The summed E-state index contributed by atoms with van der Waals surface area (Å²) in [7, 11) is 0. The largest absolute Gasteiger partial charge is 0.481 e. The molecular formula is C14H21NO3. The van der Waals surface area contributed by atoms with E-state index in [0.717, 1.165) is 5.56 Å². The maximum absolute atomic E-state index is 10.8. The van der Waals surface area contributed by atoms with Crippen LogP contribution < -0.4 is 5.32 Å². The van der Waals surface area contributed by atoms with E-state index < -0.39 is 18.1 Å². The second kappa shape index (κ2) is 7.13. The zero-order valence-corrected chi connectivity index (χ0v) is 10.8. The minimum absolute atomic E-state index is 0.0945. The van der Waals surface area contributed by atoms with Gasteiger partial charge >= 0.3 is 5.97 Å². The van der Waals surface area contributed by atoms with Crippen molar-refractivity contribution in [3.63, 3.8) is 0 Å². The molecule has 2 atom stereocenters. The molecule has 0 saturated carbocycles. The molecule has 0 radical (unpaired) electrons. The predicted molar refractivity (Wildman–Crippen MR) is 70.3 cm³/mol. The normalized spacial score (nSPS) is 14.4. The molecule has 0 fully saturated rings. The average Bonchev–Trinajstić information content (AvgIpc) is 2.34. The van der Waals surface area contributed by atoms with E-state index in [-0.39, 0.29) is 6.42 Å². The molecule has 0 bridgehead atoms. The first-order valence-electron chi connectivity index (χ1n) is 6.19. The topological polar surface area (TPSA) is 69.6 Å². The summed E-state index contributed by atoms with van der Waals surface area (Å²) >= 11 is 0. The summed E-state index contributed by atoms with van der Waals surface area (Å²) in [5, 5.41) is 22.2. The Hall–Kier alpha value is -1.39. The van der Waals surface area contributed by atoms with Crippen LogP contribution in [-0.2, 0) is 4.79 Å². The Morgan fingerprint density at radius 3 is 2.39 bits per heavy atom. The fourth-order valence-electron chi connectivity index (χ4n) is 1.75. The summed E-state index contributed by atoms with van der Waals surface area (Å²) in [6.07, 6.45) is -0.899. The summed E-state index contributed by atoms with van der Waals surface area (Å²) in [5.41, 5.74) is 0.736. The number of aliphatic carboxylic acids is 1. The monoisotopic (exact) mass is 251 g/mol. The van der Waals surface area contributed by atoms with Crippen molar-refractivity contribution in [1.82, 2.24) is 5.32 Å². The van der Waals surface area contributed by atoms with Gasteiger partial charge in [-0.25, -0.2) is 0 Å². The van der Waals surface area contributed by atoms with Gasteiger partial charge in [-0.2, -0.15) is 0 Å². The van der Waals surface area contributed by atoms with Crippen LogP contribution in [0.25, 0.3) is 0 Å². The quantitative estimate of drug-likeness (QED) is 0.691. The average molecular weight is 251 g/mol. The third-order valence-electron chi connectivity index (χ3n) is 2.71. The first-order valence-corrected chi connectivity index (χ1v) is 6.19. The minimum atomic E-state index is -0.911. The highest BCUT2D eigenvalue weighted by Crippen LogP contribution is 2.18. The summed E-state index contributed by atoms with van der Waals surface area (Å²) in [4.78, 5) is 10.8. The Bertz CT molecular complexity index is 365. The lowest BCUT2D eigenvalue weighted by Gasteiger charge is -2.24. The number of carbonyl (C=O) groups is 1. The molecule has 0 aliphatic carbocycles. The van der Waals surface area contributed by atoms with Gasteiger partial charge in [0.2, 0.25) is 0 Å². The van der Waals surface area contributed by atoms with Crippen LogP contribution in [0.2, 0.25) is 0 Å². The molecule has 4 nitrogen and oxygen atoms in total. The second-order valence-corrected chi connectivity index (χ2v) is 4.86. The molecule has 0 aromatic heterocycles. The van der Waals surface area contributed by atoms with E-state index in [4.69, 9.17) is 5.11 Å². The van der Waals surface area contributed by atoms with Gasteiger partial charge in [0.25, 0.3) is 0 Å². The van der Waals surface area contributed by atoms with Gasteiger partial charge in [-0.15, -0.1) is 0 Å². The molecule has 4 heteroatoms. The molecule has 1 aromatic carbocycles. The van der Waals surface area contributed by atoms with Crippen LogP contribution >= 0.6 is 0 Å². The zero-order valence-electron chi connectivity index (χ0n) is 10.8. The zero-order chi connectivity index (χ0) is 13.5. The van der Waals surface area contributed by atoms with Crippen molar-refractivity contribution >= 4 is 5.97 Å². The van der Waals surface area contributed by atoms with Crippen LogP contribution in [0.1, 0.15) is 31.9 Å². The Morgan fingerprint density at radius 2 is 1.89 bits per heavy atom. The molecule has 2 unspecified atom stereocenters. The van der Waals surface area contributed by atoms with Crippen molar-refractivity contribution in [3.05, 3.63) is 35.9 Å². The van der Waals surface area contributed by atoms with Crippen LogP contribution in [0.3, 0.4) is 0 Å². The molecule has 0 spiro atoms. The summed E-state index contributed by atoms with van der Waals surface area (Å²) in [6, 6.07) is 8.67. The number of carboxylic acids is 1. The number of hydrogen-bond donors (Lipinski definition) is 3. The highest BCUT2D eigenvalue weighted by atomic mass is 16.4. The third-order valence-corrected chi connectivity index (χ3v) is 2.71. The van der Waals surface area contributed by atoms with Crippen molar-refractivity contribution in [1.29, 1.82) is 0 Å². The first-order chi connectivity index (χ1) is 8.50. The van der Waals surface area contributed by atoms with Crippen LogP contribution in [0.4, 0.5) is 0 Å². The first kappa shape index (κ1) is 14.7. The highest BCUT2D eigenvalue weighted by Gasteiger charge is 2.23. The molecule has 0 heterocycles. The van der Waals surface area contributed by atoms with Crippen molar-refractivity contribution in [2.45, 2.75) is 32.4 Å². The Morgan fingerprint density at radius 1 is 1.28 bits per heavy atom. The predicted octanol–water partition coefficient (Wildman–Crippen LogP) is 1.81. The molecule has 100 valence electrons. The molecule has 0 amide bonds. The summed E-state index contributed by atoms with van der Waals surface area (Å²) in [5.74, 6) is -0.504. The third kappa shape index (κ3) is 4.85. The number of hydrogen-bond acceptors (Lipinski definition) is 3. The second-order valence-electron chi connectivity index (χ2n) is 4.86. The van der Waals surface area contributed by atoms with Gasteiger partial charge in [0.05, 0.1) is 12.5 Å². The van der Waals surface area contributed by atoms with Crippen molar-refractivity contribution in [2.24, 2.45) is 5.92 Å². The lowest BCUT2D eigenvalue weighted by molar-refractivity contribution is -0.138. The van der Waals surface area contributed by atoms with Crippen LogP contribution in [0, 0.1) is 5.92 Å². The van der Waals surface area contributed by atoms with E-state index in [2.05, 4.69) is 5.32 Å². The minimum Gasteiger partial charge on any atom is -0.481 e. The van der Waals surface area contributed by atoms with Gasteiger partial charge in [0.1, 0.15) is 0 Å². The molecule has 0 aliphatic heterocycles.